The Bertz CT molecular complexity index is 795. The molecule has 26 heavy (non-hydrogen) atoms. The van der Waals surface area contributed by atoms with Gasteiger partial charge in [0.25, 0.3) is 10.0 Å². The first kappa shape index (κ1) is 21.1. The molecule has 10 heteroatoms. The predicted molar refractivity (Wildman–Crippen MR) is 102 cm³/mol. The molecule has 1 aliphatic rings. The number of nitrogens with one attached hydrogen (secondary N) is 1. The Labute approximate surface area is 163 Å². The summed E-state index contributed by atoms with van der Waals surface area (Å²) in [5.74, 6) is -0.250. The van der Waals surface area contributed by atoms with Crippen LogP contribution in [-0.2, 0) is 14.8 Å². The summed E-state index contributed by atoms with van der Waals surface area (Å²) in [5, 5.41) is 12.1. The van der Waals surface area contributed by atoms with Crippen LogP contribution in [-0.4, -0.2) is 61.8 Å². The van der Waals surface area contributed by atoms with Gasteiger partial charge in [-0.15, -0.1) is 11.3 Å². The van der Waals surface area contributed by atoms with E-state index in [1.807, 2.05) is 18.7 Å². The smallest absolute Gasteiger partial charge is 0.252 e. The maximum absolute atomic E-state index is 12.6. The normalized spacial score (nSPS) is 19.1. The molecule has 1 aromatic heterocycles. The Balaban J connectivity index is 1.91. The summed E-state index contributed by atoms with van der Waals surface area (Å²) in [4.78, 5) is 14.1. The number of carbonyl (C=O) groups excluding carboxylic acids is 1. The van der Waals surface area contributed by atoms with Crippen molar-refractivity contribution in [2.24, 2.45) is 5.92 Å². The molecule has 2 heterocycles. The second-order valence-electron chi connectivity index (χ2n) is 6.76. The van der Waals surface area contributed by atoms with Crippen molar-refractivity contribution < 1.29 is 13.2 Å². The van der Waals surface area contributed by atoms with Crippen molar-refractivity contribution in [3.05, 3.63) is 16.5 Å². The van der Waals surface area contributed by atoms with Gasteiger partial charge >= 0.3 is 0 Å². The van der Waals surface area contributed by atoms with Crippen LogP contribution >= 0.6 is 22.9 Å². The lowest BCUT2D eigenvalue weighted by atomic mass is 9.90. The molecular formula is C16H23ClN4O3S2. The van der Waals surface area contributed by atoms with Crippen molar-refractivity contribution >= 4 is 38.9 Å². The van der Waals surface area contributed by atoms with Crippen molar-refractivity contribution in [3.8, 4) is 6.07 Å². The Morgan fingerprint density at radius 1 is 1.38 bits per heavy atom. The minimum Gasteiger partial charge on any atom is -0.337 e. The lowest BCUT2D eigenvalue weighted by Gasteiger charge is -2.34. The highest BCUT2D eigenvalue weighted by molar-refractivity contribution is 7.91. The van der Waals surface area contributed by atoms with E-state index in [0.717, 1.165) is 11.3 Å². The number of nitriles is 1. The number of hydrogen-bond acceptors (Lipinski definition) is 6. The number of sulfonamides is 1. The summed E-state index contributed by atoms with van der Waals surface area (Å²) in [6.45, 7) is 7.13. The molecular weight excluding hydrogens is 396 g/mol. The van der Waals surface area contributed by atoms with Gasteiger partial charge in [-0.1, -0.05) is 25.4 Å². The maximum atomic E-state index is 12.6. The third kappa shape index (κ3) is 4.75. The van der Waals surface area contributed by atoms with Crippen LogP contribution in [0.2, 0.25) is 4.34 Å². The highest BCUT2D eigenvalue weighted by Crippen LogP contribution is 2.28. The van der Waals surface area contributed by atoms with E-state index < -0.39 is 15.6 Å². The Morgan fingerprint density at radius 3 is 2.46 bits per heavy atom. The van der Waals surface area contributed by atoms with Crippen molar-refractivity contribution in [2.75, 3.05) is 32.7 Å². The fourth-order valence-electron chi connectivity index (χ4n) is 2.53. The zero-order valence-electron chi connectivity index (χ0n) is 15.0. The maximum Gasteiger partial charge on any atom is 0.252 e. The Kier molecular flexibility index (Phi) is 6.69. The first-order valence-electron chi connectivity index (χ1n) is 8.28. The van der Waals surface area contributed by atoms with Gasteiger partial charge in [0, 0.05) is 26.2 Å². The molecule has 0 aromatic carbocycles. The molecule has 0 bridgehead atoms. The van der Waals surface area contributed by atoms with Gasteiger partial charge in [0.1, 0.15) is 9.75 Å². The second-order valence-corrected chi connectivity index (χ2v) is 10.6. The van der Waals surface area contributed by atoms with Crippen LogP contribution in [0.3, 0.4) is 0 Å². The van der Waals surface area contributed by atoms with Gasteiger partial charge in [-0.25, -0.2) is 8.42 Å². The molecule has 0 aliphatic carbocycles. The van der Waals surface area contributed by atoms with Gasteiger partial charge < -0.3 is 5.32 Å². The largest absolute Gasteiger partial charge is 0.337 e. The van der Waals surface area contributed by atoms with E-state index in [1.165, 1.54) is 10.4 Å². The SMILES string of the molecule is CC(C)[C@@](C)(C#N)NC(=O)CN1CCN(S(=O)(=O)c2ccc(Cl)s2)CC1. The molecule has 0 unspecified atom stereocenters. The van der Waals surface area contributed by atoms with E-state index in [9.17, 15) is 18.5 Å². The lowest BCUT2D eigenvalue weighted by Crippen LogP contribution is -2.55. The molecule has 2 rings (SSSR count). The topological polar surface area (TPSA) is 93.5 Å². The third-order valence-corrected chi connectivity index (χ3v) is 8.22. The monoisotopic (exact) mass is 418 g/mol. The number of carbonyl (C=O) groups is 1. The van der Waals surface area contributed by atoms with E-state index in [-0.39, 0.29) is 22.6 Å². The molecule has 144 valence electrons. The van der Waals surface area contributed by atoms with Crippen LogP contribution in [0.15, 0.2) is 16.3 Å². The fraction of sp³-hybridized carbons (Fsp3) is 0.625. The van der Waals surface area contributed by atoms with Gasteiger partial charge in [0.2, 0.25) is 5.91 Å². The van der Waals surface area contributed by atoms with E-state index >= 15 is 0 Å². The molecule has 1 N–H and O–H groups in total. The van der Waals surface area contributed by atoms with Gasteiger partial charge in [-0.3, -0.25) is 9.69 Å². The van der Waals surface area contributed by atoms with Crippen LogP contribution in [0, 0.1) is 17.2 Å². The highest BCUT2D eigenvalue weighted by atomic mass is 35.5. The molecule has 7 nitrogen and oxygen atoms in total. The van der Waals surface area contributed by atoms with Crippen molar-refractivity contribution in [2.45, 2.75) is 30.5 Å². The Hall–Kier alpha value is -1.18. The summed E-state index contributed by atoms with van der Waals surface area (Å²) in [6.07, 6.45) is 0. The molecule has 1 saturated heterocycles. The average Bonchev–Trinajstić information content (AvgIpc) is 3.02. The van der Waals surface area contributed by atoms with E-state index in [1.54, 1.807) is 13.0 Å². The number of rotatable bonds is 6. The quantitative estimate of drug-likeness (QED) is 0.759. The summed E-state index contributed by atoms with van der Waals surface area (Å²) >= 11 is 6.87. The van der Waals surface area contributed by atoms with Crippen molar-refractivity contribution in [3.63, 3.8) is 0 Å². The molecule has 1 atom stereocenters. The molecule has 1 fully saturated rings. The summed E-state index contributed by atoms with van der Waals surface area (Å²) in [7, 11) is -3.54. The number of thiophene rings is 1. The van der Waals surface area contributed by atoms with E-state index in [4.69, 9.17) is 11.6 Å². The first-order chi connectivity index (χ1) is 12.1. The van der Waals surface area contributed by atoms with E-state index in [2.05, 4.69) is 11.4 Å². The lowest BCUT2D eigenvalue weighted by molar-refractivity contribution is -0.124. The molecule has 0 saturated carbocycles. The zero-order chi connectivity index (χ0) is 19.5. The van der Waals surface area contributed by atoms with Crippen LogP contribution in [0.25, 0.3) is 0 Å². The number of hydrogen-bond donors (Lipinski definition) is 1. The van der Waals surface area contributed by atoms with Crippen LogP contribution in [0.5, 0.6) is 0 Å². The number of amides is 1. The van der Waals surface area contributed by atoms with Gasteiger partial charge in [0.15, 0.2) is 0 Å². The average molecular weight is 419 g/mol. The minimum atomic E-state index is -3.54. The second kappa shape index (κ2) is 8.23. The number of nitrogens with zero attached hydrogens (tertiary/aromatic N) is 3. The van der Waals surface area contributed by atoms with Crippen LogP contribution in [0.1, 0.15) is 20.8 Å². The highest BCUT2D eigenvalue weighted by Gasteiger charge is 2.33. The molecule has 0 spiro atoms. The number of piperazine rings is 1. The van der Waals surface area contributed by atoms with Gasteiger partial charge in [0.05, 0.1) is 17.0 Å². The van der Waals surface area contributed by atoms with Crippen molar-refractivity contribution in [1.29, 1.82) is 5.26 Å². The minimum absolute atomic E-state index is 0.0175. The first-order valence-corrected chi connectivity index (χ1v) is 10.9. The standard InChI is InChI=1S/C16H23ClN4O3S2/c1-12(2)16(3,11-18)19-14(22)10-20-6-8-21(9-7-20)26(23,24)15-5-4-13(17)25-15/h4-5,12H,6-10H2,1-3H3,(H,19,22)/t16-/m1/s1. The fourth-order valence-corrected chi connectivity index (χ4v) is 5.58. The Morgan fingerprint density at radius 2 is 2.00 bits per heavy atom. The van der Waals surface area contributed by atoms with Crippen LogP contribution < -0.4 is 5.32 Å². The zero-order valence-corrected chi connectivity index (χ0v) is 17.4. The molecule has 1 aliphatic heterocycles. The van der Waals surface area contributed by atoms with Gasteiger partial charge in [-0.05, 0) is 25.0 Å². The summed E-state index contributed by atoms with van der Waals surface area (Å²) in [5.41, 5.74) is -0.916. The summed E-state index contributed by atoms with van der Waals surface area (Å²) < 4.78 is 27.2. The van der Waals surface area contributed by atoms with Gasteiger partial charge in [-0.2, -0.15) is 9.57 Å². The third-order valence-electron chi connectivity index (χ3n) is 4.63. The molecule has 1 aromatic rings. The number of halogens is 1. The predicted octanol–water partition coefficient (Wildman–Crippen LogP) is 1.76. The summed E-state index contributed by atoms with van der Waals surface area (Å²) in [6, 6.07) is 5.23. The van der Waals surface area contributed by atoms with Crippen molar-refractivity contribution in [1.82, 2.24) is 14.5 Å². The van der Waals surface area contributed by atoms with Crippen LogP contribution in [0.4, 0.5) is 0 Å². The molecule has 0 radical (unpaired) electrons. The molecule has 1 amide bonds. The van der Waals surface area contributed by atoms with E-state index in [0.29, 0.717) is 30.5 Å².